The number of nitrogens with two attached hydrogens (primary N) is 1. The van der Waals surface area contributed by atoms with Crippen molar-refractivity contribution < 1.29 is 5.11 Å². The third kappa shape index (κ3) is 5.33. The number of aliphatic hydroxyl groups is 1. The van der Waals surface area contributed by atoms with Crippen molar-refractivity contribution in [2.24, 2.45) is 5.73 Å². The van der Waals surface area contributed by atoms with Crippen molar-refractivity contribution in [3.63, 3.8) is 0 Å². The van der Waals surface area contributed by atoms with Gasteiger partial charge in [0.25, 0.3) is 0 Å². The van der Waals surface area contributed by atoms with Gasteiger partial charge < -0.3 is 10.8 Å². The molecule has 0 spiro atoms. The Balaban J connectivity index is 3.26. The molecule has 0 saturated heterocycles. The van der Waals surface area contributed by atoms with E-state index < -0.39 is 0 Å². The first-order chi connectivity index (χ1) is 4.16. The monoisotopic (exact) mass is 130 g/mol. The molecule has 0 saturated carbocycles. The van der Waals surface area contributed by atoms with Gasteiger partial charge in [0.15, 0.2) is 0 Å². The Labute approximate surface area is 55.8 Å². The quantitative estimate of drug-likeness (QED) is 0.524. The van der Waals surface area contributed by atoms with Crippen LogP contribution in [0.15, 0.2) is 12.3 Å². The molecule has 9 heavy (non-hydrogen) atoms. The fraction of sp³-hybridized carbons (Fsp3) is 0.667. The molecule has 0 aromatic rings. The van der Waals surface area contributed by atoms with Gasteiger partial charge in [-0.3, -0.25) is 4.90 Å². The molecule has 0 aliphatic heterocycles. The van der Waals surface area contributed by atoms with E-state index in [0.717, 1.165) is 6.54 Å². The zero-order valence-electron chi connectivity index (χ0n) is 5.80. The standard InChI is InChI=1S/C6H14N2O/c1-6(9)5-8(2)4-3-7/h9H,1,3-5,7H2,2H3. The Morgan fingerprint density at radius 1 is 1.78 bits per heavy atom. The van der Waals surface area contributed by atoms with Crippen molar-refractivity contribution in [1.82, 2.24) is 4.90 Å². The number of hydrogen-bond donors (Lipinski definition) is 2. The first-order valence-corrected chi connectivity index (χ1v) is 2.92. The largest absolute Gasteiger partial charge is 0.512 e. The Morgan fingerprint density at radius 3 is 2.67 bits per heavy atom. The molecule has 0 radical (unpaired) electrons. The fourth-order valence-electron chi connectivity index (χ4n) is 0.611. The van der Waals surface area contributed by atoms with E-state index in [2.05, 4.69) is 6.58 Å². The van der Waals surface area contributed by atoms with E-state index in [1.54, 1.807) is 0 Å². The molecule has 0 atom stereocenters. The van der Waals surface area contributed by atoms with E-state index in [1.165, 1.54) is 0 Å². The van der Waals surface area contributed by atoms with Crippen LogP contribution < -0.4 is 5.73 Å². The summed E-state index contributed by atoms with van der Waals surface area (Å²) in [5.41, 5.74) is 5.25. The smallest absolute Gasteiger partial charge is 0.0991 e. The van der Waals surface area contributed by atoms with Crippen LogP contribution in [0.5, 0.6) is 0 Å². The summed E-state index contributed by atoms with van der Waals surface area (Å²) in [5, 5.41) is 8.67. The highest BCUT2D eigenvalue weighted by molar-refractivity contribution is 4.82. The van der Waals surface area contributed by atoms with Crippen molar-refractivity contribution in [3.05, 3.63) is 12.3 Å². The van der Waals surface area contributed by atoms with E-state index in [0.29, 0.717) is 13.1 Å². The van der Waals surface area contributed by atoms with Gasteiger partial charge in [-0.05, 0) is 7.05 Å². The van der Waals surface area contributed by atoms with Crippen molar-refractivity contribution in [1.29, 1.82) is 0 Å². The number of hydrogen-bond acceptors (Lipinski definition) is 3. The molecule has 0 aliphatic rings. The molecule has 0 bridgehead atoms. The third-order valence-corrected chi connectivity index (χ3v) is 0.963. The minimum absolute atomic E-state index is 0.186. The average molecular weight is 130 g/mol. The molecule has 3 heteroatoms. The summed E-state index contributed by atoms with van der Waals surface area (Å²) in [5.74, 6) is 0.186. The second-order valence-corrected chi connectivity index (χ2v) is 2.09. The Bertz CT molecular complexity index is 93.1. The number of aliphatic hydroxyl groups excluding tert-OH is 1. The van der Waals surface area contributed by atoms with Gasteiger partial charge in [-0.25, -0.2) is 0 Å². The van der Waals surface area contributed by atoms with Gasteiger partial charge in [0.1, 0.15) is 0 Å². The van der Waals surface area contributed by atoms with Crippen LogP contribution in [0.3, 0.4) is 0 Å². The highest BCUT2D eigenvalue weighted by Gasteiger charge is 1.95. The lowest BCUT2D eigenvalue weighted by Crippen LogP contribution is -2.27. The van der Waals surface area contributed by atoms with Crippen LogP contribution in [0.2, 0.25) is 0 Å². The molecule has 0 heterocycles. The average Bonchev–Trinajstić information content (AvgIpc) is 1.63. The summed E-state index contributed by atoms with van der Waals surface area (Å²) < 4.78 is 0. The molecular formula is C6H14N2O. The molecule has 0 amide bonds. The van der Waals surface area contributed by atoms with Crippen molar-refractivity contribution in [3.8, 4) is 0 Å². The first kappa shape index (κ1) is 8.46. The summed E-state index contributed by atoms with van der Waals surface area (Å²) in [6.07, 6.45) is 0. The number of rotatable bonds is 4. The molecule has 3 nitrogen and oxygen atoms in total. The van der Waals surface area contributed by atoms with Crippen LogP contribution in [0.25, 0.3) is 0 Å². The van der Waals surface area contributed by atoms with Crippen LogP contribution in [0, 0.1) is 0 Å². The zero-order valence-corrected chi connectivity index (χ0v) is 5.80. The molecule has 0 aliphatic carbocycles. The molecule has 0 fully saturated rings. The van der Waals surface area contributed by atoms with Crippen LogP contribution in [0.1, 0.15) is 0 Å². The van der Waals surface area contributed by atoms with Gasteiger partial charge in [0, 0.05) is 13.1 Å². The molecule has 3 N–H and O–H groups in total. The fourth-order valence-corrected chi connectivity index (χ4v) is 0.611. The Hall–Kier alpha value is -0.540. The Kier molecular flexibility index (Phi) is 4.09. The molecule has 0 aromatic heterocycles. The molecule has 0 rings (SSSR count). The van der Waals surface area contributed by atoms with E-state index >= 15 is 0 Å². The zero-order chi connectivity index (χ0) is 7.28. The normalized spacial score (nSPS) is 10.1. The molecule has 54 valence electrons. The molecule has 0 aromatic carbocycles. The maximum Gasteiger partial charge on any atom is 0.0991 e. The highest BCUT2D eigenvalue weighted by atomic mass is 16.3. The first-order valence-electron chi connectivity index (χ1n) is 2.92. The van der Waals surface area contributed by atoms with Gasteiger partial charge >= 0.3 is 0 Å². The van der Waals surface area contributed by atoms with Crippen LogP contribution in [0.4, 0.5) is 0 Å². The van der Waals surface area contributed by atoms with Gasteiger partial charge in [-0.1, -0.05) is 6.58 Å². The topological polar surface area (TPSA) is 49.5 Å². The predicted molar refractivity (Wildman–Crippen MR) is 38.3 cm³/mol. The van der Waals surface area contributed by atoms with Gasteiger partial charge in [0.05, 0.1) is 12.3 Å². The van der Waals surface area contributed by atoms with E-state index in [4.69, 9.17) is 10.8 Å². The minimum Gasteiger partial charge on any atom is -0.512 e. The van der Waals surface area contributed by atoms with Gasteiger partial charge in [0.2, 0.25) is 0 Å². The lowest BCUT2D eigenvalue weighted by molar-refractivity contribution is 0.296. The minimum atomic E-state index is 0.186. The second kappa shape index (κ2) is 4.35. The lowest BCUT2D eigenvalue weighted by atomic mass is 10.5. The summed E-state index contributed by atoms with van der Waals surface area (Å²) in [7, 11) is 1.88. The molecular weight excluding hydrogens is 116 g/mol. The highest BCUT2D eigenvalue weighted by Crippen LogP contribution is 1.86. The second-order valence-electron chi connectivity index (χ2n) is 2.09. The maximum atomic E-state index is 8.67. The van der Waals surface area contributed by atoms with E-state index in [-0.39, 0.29) is 5.76 Å². The van der Waals surface area contributed by atoms with Crippen LogP contribution in [-0.2, 0) is 0 Å². The van der Waals surface area contributed by atoms with E-state index in [9.17, 15) is 0 Å². The third-order valence-electron chi connectivity index (χ3n) is 0.963. The SMILES string of the molecule is C=C(O)CN(C)CCN. The maximum absolute atomic E-state index is 8.67. The van der Waals surface area contributed by atoms with Gasteiger partial charge in [-0.2, -0.15) is 0 Å². The summed E-state index contributed by atoms with van der Waals surface area (Å²) in [6.45, 7) is 5.27. The summed E-state index contributed by atoms with van der Waals surface area (Å²) in [4.78, 5) is 1.91. The van der Waals surface area contributed by atoms with Crippen molar-refractivity contribution in [2.75, 3.05) is 26.7 Å². The van der Waals surface area contributed by atoms with Crippen molar-refractivity contribution >= 4 is 0 Å². The summed E-state index contributed by atoms with van der Waals surface area (Å²) >= 11 is 0. The number of likely N-dealkylation sites (N-methyl/N-ethyl adjacent to an activating group) is 1. The number of nitrogens with zero attached hydrogens (tertiary/aromatic N) is 1. The van der Waals surface area contributed by atoms with Crippen LogP contribution >= 0.6 is 0 Å². The summed E-state index contributed by atoms with van der Waals surface area (Å²) in [6, 6.07) is 0. The molecule has 0 unspecified atom stereocenters. The van der Waals surface area contributed by atoms with Crippen molar-refractivity contribution in [2.45, 2.75) is 0 Å². The van der Waals surface area contributed by atoms with Gasteiger partial charge in [-0.15, -0.1) is 0 Å². The van der Waals surface area contributed by atoms with Crippen LogP contribution in [-0.4, -0.2) is 36.7 Å². The lowest BCUT2D eigenvalue weighted by Gasteiger charge is -2.13. The Morgan fingerprint density at radius 2 is 2.33 bits per heavy atom. The van der Waals surface area contributed by atoms with E-state index in [1.807, 2.05) is 11.9 Å². The predicted octanol–water partition coefficient (Wildman–Crippen LogP) is -0.0514.